The number of benzene rings is 1. The molecule has 0 unspecified atom stereocenters. The maximum Gasteiger partial charge on any atom is 0.287 e. The van der Waals surface area contributed by atoms with E-state index in [1.165, 1.54) is 0 Å². The molecule has 6 nitrogen and oxygen atoms in total. The van der Waals surface area contributed by atoms with E-state index in [4.69, 9.17) is 4.42 Å². The number of hydrogen-bond acceptors (Lipinski definition) is 4. The van der Waals surface area contributed by atoms with Crippen molar-refractivity contribution in [1.29, 1.82) is 0 Å². The molecular weight excluding hydrogens is 316 g/mol. The van der Waals surface area contributed by atoms with Gasteiger partial charge in [0.1, 0.15) is 5.76 Å². The number of pyridine rings is 1. The standard InChI is InChI=1S/C19H16N4O2/c24-19(21-11-14-4-3-9-20-10-14)18-8-7-15(25-18)12-23-13-22-16-5-1-2-6-17(16)23/h1-10,13H,11-12H2,(H,21,24). The summed E-state index contributed by atoms with van der Waals surface area (Å²) in [5, 5.41) is 2.83. The average Bonchev–Trinajstić information content (AvgIpc) is 3.29. The Morgan fingerprint density at radius 1 is 1.12 bits per heavy atom. The lowest BCUT2D eigenvalue weighted by molar-refractivity contribution is 0.0921. The third-order valence-electron chi connectivity index (χ3n) is 3.91. The van der Waals surface area contributed by atoms with E-state index < -0.39 is 0 Å². The molecule has 1 amide bonds. The molecule has 3 heterocycles. The van der Waals surface area contributed by atoms with Gasteiger partial charge in [-0.1, -0.05) is 18.2 Å². The van der Waals surface area contributed by atoms with Crippen molar-refractivity contribution in [2.75, 3.05) is 0 Å². The van der Waals surface area contributed by atoms with Gasteiger partial charge in [-0.25, -0.2) is 4.98 Å². The molecule has 4 rings (SSSR count). The van der Waals surface area contributed by atoms with Crippen molar-refractivity contribution in [2.24, 2.45) is 0 Å². The summed E-state index contributed by atoms with van der Waals surface area (Å²) in [5.41, 5.74) is 2.90. The lowest BCUT2D eigenvalue weighted by Gasteiger charge is -2.03. The van der Waals surface area contributed by atoms with Gasteiger partial charge in [-0.15, -0.1) is 0 Å². The van der Waals surface area contributed by atoms with Gasteiger partial charge in [-0.2, -0.15) is 0 Å². The number of nitrogens with one attached hydrogen (secondary N) is 1. The molecule has 0 fully saturated rings. The number of aromatic nitrogens is 3. The SMILES string of the molecule is O=C(NCc1cccnc1)c1ccc(Cn2cnc3ccccc32)o1. The molecule has 124 valence electrons. The van der Waals surface area contributed by atoms with E-state index in [0.29, 0.717) is 24.6 Å². The highest BCUT2D eigenvalue weighted by Crippen LogP contribution is 2.16. The molecule has 1 aromatic carbocycles. The van der Waals surface area contributed by atoms with Gasteiger partial charge >= 0.3 is 0 Å². The predicted octanol–water partition coefficient (Wildman–Crippen LogP) is 3.00. The number of carbonyl (C=O) groups is 1. The Bertz CT molecular complexity index is 1000. The number of hydrogen-bond donors (Lipinski definition) is 1. The minimum absolute atomic E-state index is 0.245. The molecule has 0 spiro atoms. The predicted molar refractivity (Wildman–Crippen MR) is 93.0 cm³/mol. The van der Waals surface area contributed by atoms with Crippen LogP contribution in [0.4, 0.5) is 0 Å². The molecule has 0 atom stereocenters. The number of para-hydroxylation sites is 2. The van der Waals surface area contributed by atoms with Crippen LogP contribution in [-0.2, 0) is 13.1 Å². The van der Waals surface area contributed by atoms with Gasteiger partial charge in [-0.05, 0) is 35.9 Å². The Morgan fingerprint density at radius 2 is 2.04 bits per heavy atom. The molecule has 3 aromatic heterocycles. The second-order valence-corrected chi connectivity index (χ2v) is 5.67. The van der Waals surface area contributed by atoms with Crippen LogP contribution in [0.1, 0.15) is 21.9 Å². The first-order chi connectivity index (χ1) is 12.3. The molecule has 0 radical (unpaired) electrons. The Labute approximate surface area is 144 Å². The minimum Gasteiger partial charge on any atom is -0.454 e. The van der Waals surface area contributed by atoms with Crippen molar-refractivity contribution in [1.82, 2.24) is 19.9 Å². The highest BCUT2D eigenvalue weighted by molar-refractivity contribution is 5.91. The molecule has 0 aliphatic heterocycles. The summed E-state index contributed by atoms with van der Waals surface area (Å²) in [4.78, 5) is 20.6. The van der Waals surface area contributed by atoms with Gasteiger partial charge in [0.25, 0.3) is 5.91 Å². The molecule has 1 N–H and O–H groups in total. The molecule has 0 aliphatic carbocycles. The molecular formula is C19H16N4O2. The van der Waals surface area contributed by atoms with Crippen LogP contribution in [0.2, 0.25) is 0 Å². The van der Waals surface area contributed by atoms with Crippen LogP contribution in [0.5, 0.6) is 0 Å². The van der Waals surface area contributed by atoms with Crippen LogP contribution in [0.25, 0.3) is 11.0 Å². The topological polar surface area (TPSA) is 73.0 Å². The number of rotatable bonds is 5. The van der Waals surface area contributed by atoms with Crippen LogP contribution >= 0.6 is 0 Å². The van der Waals surface area contributed by atoms with Gasteiger partial charge in [0.2, 0.25) is 0 Å². The average molecular weight is 332 g/mol. The summed E-state index contributed by atoms with van der Waals surface area (Å²) >= 11 is 0. The summed E-state index contributed by atoms with van der Waals surface area (Å²) in [7, 11) is 0. The van der Waals surface area contributed by atoms with E-state index in [1.54, 1.807) is 24.8 Å². The number of imidazole rings is 1. The summed E-state index contributed by atoms with van der Waals surface area (Å²) in [5.74, 6) is 0.753. The molecule has 6 heteroatoms. The number of carbonyl (C=O) groups excluding carboxylic acids is 1. The van der Waals surface area contributed by atoms with Crippen LogP contribution < -0.4 is 5.32 Å². The lowest BCUT2D eigenvalue weighted by Crippen LogP contribution is -2.22. The molecule has 0 aliphatic rings. The largest absolute Gasteiger partial charge is 0.454 e. The smallest absolute Gasteiger partial charge is 0.287 e. The Kier molecular flexibility index (Phi) is 4.00. The molecule has 0 saturated heterocycles. The Balaban J connectivity index is 1.44. The summed E-state index contributed by atoms with van der Waals surface area (Å²) in [6.07, 6.45) is 5.19. The van der Waals surface area contributed by atoms with E-state index in [2.05, 4.69) is 15.3 Å². The first kappa shape index (κ1) is 15.1. The van der Waals surface area contributed by atoms with Gasteiger partial charge in [0, 0.05) is 18.9 Å². The fraction of sp³-hybridized carbons (Fsp3) is 0.105. The van der Waals surface area contributed by atoms with Crippen molar-refractivity contribution >= 4 is 16.9 Å². The number of furan rings is 1. The van der Waals surface area contributed by atoms with Crippen LogP contribution in [0, 0.1) is 0 Å². The summed E-state index contributed by atoms with van der Waals surface area (Å²) < 4.78 is 7.67. The highest BCUT2D eigenvalue weighted by atomic mass is 16.4. The van der Waals surface area contributed by atoms with Gasteiger partial charge < -0.3 is 14.3 Å². The monoisotopic (exact) mass is 332 g/mol. The highest BCUT2D eigenvalue weighted by Gasteiger charge is 2.12. The first-order valence-electron chi connectivity index (χ1n) is 7.95. The van der Waals surface area contributed by atoms with Gasteiger partial charge in [-0.3, -0.25) is 9.78 Å². The van der Waals surface area contributed by atoms with E-state index >= 15 is 0 Å². The summed E-state index contributed by atoms with van der Waals surface area (Å²) in [6.45, 7) is 0.936. The number of fused-ring (bicyclic) bond motifs is 1. The van der Waals surface area contributed by atoms with E-state index in [9.17, 15) is 4.79 Å². The third kappa shape index (κ3) is 3.28. The quantitative estimate of drug-likeness (QED) is 0.610. The second kappa shape index (κ2) is 6.60. The zero-order chi connectivity index (χ0) is 17.1. The van der Waals surface area contributed by atoms with Crippen molar-refractivity contribution in [3.05, 3.63) is 84.3 Å². The van der Waals surface area contributed by atoms with E-state index in [-0.39, 0.29) is 5.91 Å². The Hall–Kier alpha value is -3.41. The minimum atomic E-state index is -0.245. The Morgan fingerprint density at radius 3 is 2.92 bits per heavy atom. The first-order valence-corrected chi connectivity index (χ1v) is 7.95. The fourth-order valence-corrected chi connectivity index (χ4v) is 2.66. The van der Waals surface area contributed by atoms with Crippen LogP contribution in [-0.4, -0.2) is 20.4 Å². The normalized spacial score (nSPS) is 10.9. The van der Waals surface area contributed by atoms with Crippen molar-refractivity contribution in [3.63, 3.8) is 0 Å². The zero-order valence-corrected chi connectivity index (χ0v) is 13.4. The van der Waals surface area contributed by atoms with Crippen LogP contribution in [0.15, 0.2) is 71.7 Å². The van der Waals surface area contributed by atoms with E-state index in [0.717, 1.165) is 16.6 Å². The molecule has 0 bridgehead atoms. The molecule has 0 saturated carbocycles. The molecule has 25 heavy (non-hydrogen) atoms. The fourth-order valence-electron chi connectivity index (χ4n) is 2.66. The van der Waals surface area contributed by atoms with Crippen molar-refractivity contribution < 1.29 is 9.21 Å². The number of amides is 1. The third-order valence-corrected chi connectivity index (χ3v) is 3.91. The maximum atomic E-state index is 12.2. The van der Waals surface area contributed by atoms with Gasteiger partial charge in [0.15, 0.2) is 5.76 Å². The second-order valence-electron chi connectivity index (χ2n) is 5.67. The van der Waals surface area contributed by atoms with E-state index in [1.807, 2.05) is 47.0 Å². The van der Waals surface area contributed by atoms with Gasteiger partial charge in [0.05, 0.1) is 23.9 Å². The van der Waals surface area contributed by atoms with Crippen LogP contribution in [0.3, 0.4) is 0 Å². The summed E-state index contributed by atoms with van der Waals surface area (Å²) in [6, 6.07) is 15.1. The maximum absolute atomic E-state index is 12.2. The van der Waals surface area contributed by atoms with Crippen molar-refractivity contribution in [3.8, 4) is 0 Å². The molecule has 4 aromatic rings. The zero-order valence-electron chi connectivity index (χ0n) is 13.4. The van der Waals surface area contributed by atoms with Crippen molar-refractivity contribution in [2.45, 2.75) is 13.1 Å². The lowest BCUT2D eigenvalue weighted by atomic mass is 10.3. The number of nitrogens with zero attached hydrogens (tertiary/aromatic N) is 3.